The number of benzene rings is 2. The number of rotatable bonds is 8. The topological polar surface area (TPSA) is 89.5 Å². The molecule has 2 aromatic carbocycles. The van der Waals surface area contributed by atoms with E-state index in [0.717, 1.165) is 19.2 Å². The van der Waals surface area contributed by atoms with Gasteiger partial charge in [0, 0.05) is 6.07 Å². The minimum absolute atomic E-state index is 0.0792. The van der Waals surface area contributed by atoms with Gasteiger partial charge < -0.3 is 10.1 Å². The molecule has 2 rings (SSSR count). The van der Waals surface area contributed by atoms with Crippen molar-refractivity contribution in [2.45, 2.75) is 23.8 Å². The van der Waals surface area contributed by atoms with Gasteiger partial charge in [-0.3, -0.25) is 4.79 Å². The van der Waals surface area contributed by atoms with Crippen molar-refractivity contribution in [2.75, 3.05) is 12.9 Å². The molecule has 0 spiro atoms. The predicted molar refractivity (Wildman–Crippen MR) is 97.1 cm³/mol. The summed E-state index contributed by atoms with van der Waals surface area (Å²) in [4.78, 5) is 24.2. The lowest BCUT2D eigenvalue weighted by atomic mass is 10.1. The molecule has 0 fully saturated rings. The van der Waals surface area contributed by atoms with Gasteiger partial charge in [-0.25, -0.2) is 22.0 Å². The number of carbonyl (C=O) groups excluding carboxylic acids is 2. The molecule has 1 atom stereocenters. The Balaban J connectivity index is 2.05. The number of amides is 1. The van der Waals surface area contributed by atoms with Gasteiger partial charge in [-0.1, -0.05) is 18.2 Å². The third kappa shape index (κ3) is 6.12. The van der Waals surface area contributed by atoms with Crippen molar-refractivity contribution in [1.82, 2.24) is 5.32 Å². The highest BCUT2D eigenvalue weighted by molar-refractivity contribution is 7.91. The zero-order chi connectivity index (χ0) is 20.7. The number of methoxy groups -OCH3 is 1. The van der Waals surface area contributed by atoms with Crippen LogP contribution < -0.4 is 5.32 Å². The summed E-state index contributed by atoms with van der Waals surface area (Å²) in [7, 11) is -2.55. The molecular weight excluding hydrogens is 392 g/mol. The summed E-state index contributed by atoms with van der Waals surface area (Å²) >= 11 is 0. The molecule has 0 saturated heterocycles. The first-order chi connectivity index (χ1) is 13.2. The van der Waals surface area contributed by atoms with E-state index >= 15 is 0 Å². The maximum atomic E-state index is 13.2. The lowest BCUT2D eigenvalue weighted by molar-refractivity contribution is -0.145. The Kier molecular flexibility index (Phi) is 7.22. The predicted octanol–water partition coefficient (Wildman–Crippen LogP) is 2.03. The summed E-state index contributed by atoms with van der Waals surface area (Å²) in [5, 5.41) is 2.36. The third-order valence-corrected chi connectivity index (χ3v) is 5.65. The molecule has 0 radical (unpaired) electrons. The van der Waals surface area contributed by atoms with E-state index in [0.29, 0.717) is 6.07 Å². The van der Waals surface area contributed by atoms with Crippen molar-refractivity contribution in [3.05, 3.63) is 65.7 Å². The van der Waals surface area contributed by atoms with E-state index in [4.69, 9.17) is 0 Å². The van der Waals surface area contributed by atoms with Crippen LogP contribution in [0.25, 0.3) is 0 Å². The Hall–Kier alpha value is -2.81. The minimum atomic E-state index is -3.66. The standard InChI is InChI=1S/C19H19F2NO5S/c1-27-19(24)17(7-8-28(25,26)16-5-3-2-4-6-16)22-18(23)11-13-9-14(20)12-15(21)10-13/h2-6,9-10,12,17H,7-8,11H2,1H3,(H,22,23)/t17-/m1/s1. The zero-order valence-corrected chi connectivity index (χ0v) is 15.8. The fourth-order valence-electron chi connectivity index (χ4n) is 2.55. The highest BCUT2D eigenvalue weighted by Crippen LogP contribution is 2.13. The lowest BCUT2D eigenvalue weighted by Gasteiger charge is -2.16. The molecule has 150 valence electrons. The third-order valence-electron chi connectivity index (χ3n) is 3.89. The van der Waals surface area contributed by atoms with Crippen molar-refractivity contribution in [2.24, 2.45) is 0 Å². The van der Waals surface area contributed by atoms with Crippen LogP contribution in [0.5, 0.6) is 0 Å². The molecular formula is C19H19F2NO5S. The molecule has 0 aliphatic heterocycles. The average Bonchev–Trinajstić information content (AvgIpc) is 2.64. The lowest BCUT2D eigenvalue weighted by Crippen LogP contribution is -2.43. The SMILES string of the molecule is COC(=O)[C@@H](CCS(=O)(=O)c1ccccc1)NC(=O)Cc1cc(F)cc(F)c1. The second-order valence-corrected chi connectivity index (χ2v) is 8.13. The summed E-state index contributed by atoms with van der Waals surface area (Å²) < 4.78 is 55.8. The molecule has 9 heteroatoms. The van der Waals surface area contributed by atoms with Gasteiger partial charge >= 0.3 is 5.97 Å². The van der Waals surface area contributed by atoms with Crippen molar-refractivity contribution >= 4 is 21.7 Å². The van der Waals surface area contributed by atoms with Gasteiger partial charge in [0.15, 0.2) is 9.84 Å². The number of hydrogen-bond donors (Lipinski definition) is 1. The van der Waals surface area contributed by atoms with Crippen molar-refractivity contribution < 1.29 is 31.5 Å². The summed E-state index contributed by atoms with van der Waals surface area (Å²) in [6.45, 7) is 0. The molecule has 1 N–H and O–H groups in total. The van der Waals surface area contributed by atoms with Crippen LogP contribution in [0.3, 0.4) is 0 Å². The Bertz CT molecular complexity index is 928. The first kappa shape index (κ1) is 21.5. The Morgan fingerprint density at radius 1 is 1.07 bits per heavy atom. The summed E-state index contributed by atoms with van der Waals surface area (Å²) in [5.41, 5.74) is 0.0792. The normalized spacial score (nSPS) is 12.2. The van der Waals surface area contributed by atoms with Crippen LogP contribution in [0.15, 0.2) is 53.4 Å². The number of ether oxygens (including phenoxy) is 1. The van der Waals surface area contributed by atoms with Gasteiger partial charge in [0.25, 0.3) is 0 Å². The smallest absolute Gasteiger partial charge is 0.328 e. The number of carbonyl (C=O) groups is 2. The van der Waals surface area contributed by atoms with E-state index in [1.54, 1.807) is 18.2 Å². The van der Waals surface area contributed by atoms with Crippen molar-refractivity contribution in [3.8, 4) is 0 Å². The molecule has 0 bridgehead atoms. The second-order valence-electron chi connectivity index (χ2n) is 6.02. The van der Waals surface area contributed by atoms with Crippen LogP contribution in [0.1, 0.15) is 12.0 Å². The van der Waals surface area contributed by atoms with Gasteiger partial charge in [-0.2, -0.15) is 0 Å². The molecule has 0 aliphatic rings. The van der Waals surface area contributed by atoms with E-state index in [2.05, 4.69) is 10.1 Å². The monoisotopic (exact) mass is 411 g/mol. The molecule has 2 aromatic rings. The highest BCUT2D eigenvalue weighted by atomic mass is 32.2. The number of esters is 1. The molecule has 0 unspecified atom stereocenters. The van der Waals surface area contributed by atoms with Crippen LogP contribution in [0.2, 0.25) is 0 Å². The Morgan fingerprint density at radius 3 is 2.25 bits per heavy atom. The van der Waals surface area contributed by atoms with Gasteiger partial charge in [0.05, 0.1) is 24.2 Å². The number of hydrogen-bond acceptors (Lipinski definition) is 5. The number of sulfone groups is 1. The molecule has 0 saturated carbocycles. The number of nitrogens with one attached hydrogen (secondary N) is 1. The molecule has 1 amide bonds. The van der Waals surface area contributed by atoms with E-state index in [9.17, 15) is 26.8 Å². The number of halogens is 2. The van der Waals surface area contributed by atoms with Gasteiger partial charge in [0.1, 0.15) is 17.7 Å². The first-order valence-electron chi connectivity index (χ1n) is 8.31. The first-order valence-corrected chi connectivity index (χ1v) is 9.96. The Morgan fingerprint density at radius 2 is 1.68 bits per heavy atom. The molecule has 0 heterocycles. The quantitative estimate of drug-likeness (QED) is 0.672. The average molecular weight is 411 g/mol. The van der Waals surface area contributed by atoms with Crippen LogP contribution in [0, 0.1) is 11.6 Å². The van der Waals surface area contributed by atoms with Crippen molar-refractivity contribution in [3.63, 3.8) is 0 Å². The van der Waals surface area contributed by atoms with E-state index in [-0.39, 0.29) is 23.3 Å². The van der Waals surface area contributed by atoms with Gasteiger partial charge in [0.2, 0.25) is 5.91 Å². The summed E-state index contributed by atoms with van der Waals surface area (Å²) in [6, 6.07) is 9.13. The fraction of sp³-hybridized carbons (Fsp3) is 0.263. The van der Waals surface area contributed by atoms with Gasteiger partial charge in [-0.15, -0.1) is 0 Å². The molecule has 0 aromatic heterocycles. The van der Waals surface area contributed by atoms with Gasteiger partial charge in [-0.05, 0) is 36.2 Å². The maximum Gasteiger partial charge on any atom is 0.328 e. The summed E-state index contributed by atoms with van der Waals surface area (Å²) in [6.07, 6.45) is -0.596. The fourth-order valence-corrected chi connectivity index (χ4v) is 3.91. The molecule has 0 aliphatic carbocycles. The molecule has 6 nitrogen and oxygen atoms in total. The largest absolute Gasteiger partial charge is 0.467 e. The Labute approximate surface area is 161 Å². The van der Waals surface area contributed by atoms with E-state index in [1.807, 2.05) is 0 Å². The van der Waals surface area contributed by atoms with E-state index in [1.165, 1.54) is 12.1 Å². The van der Waals surface area contributed by atoms with Crippen LogP contribution in [-0.4, -0.2) is 39.2 Å². The summed E-state index contributed by atoms with van der Waals surface area (Å²) in [5.74, 6) is -3.58. The van der Waals surface area contributed by atoms with Crippen molar-refractivity contribution in [1.29, 1.82) is 0 Å². The van der Waals surface area contributed by atoms with Crippen LogP contribution in [0.4, 0.5) is 8.78 Å². The van der Waals surface area contributed by atoms with E-state index < -0.39 is 45.1 Å². The zero-order valence-electron chi connectivity index (χ0n) is 15.0. The highest BCUT2D eigenvalue weighted by Gasteiger charge is 2.25. The maximum absolute atomic E-state index is 13.2. The van der Waals surface area contributed by atoms with Crippen LogP contribution >= 0.6 is 0 Å². The van der Waals surface area contributed by atoms with Crippen LogP contribution in [-0.2, 0) is 30.6 Å². The molecule has 28 heavy (non-hydrogen) atoms. The minimum Gasteiger partial charge on any atom is -0.467 e. The second kappa shape index (κ2) is 9.41.